The van der Waals surface area contributed by atoms with E-state index in [-0.39, 0.29) is 5.91 Å². The number of hydrogen-bond donors (Lipinski definition) is 1. The highest BCUT2D eigenvalue weighted by Gasteiger charge is 2.14. The van der Waals surface area contributed by atoms with E-state index in [1.807, 2.05) is 44.2 Å². The standard InChI is InChI=1S/C20H25N3O/c1-15-4-9-19(16(2)14-15)20(24)21-17-5-7-18(8-6-17)23-12-10-22(3)11-13-23/h4-9,14H,10-13H2,1-3H3,(H,21,24). The molecule has 1 fully saturated rings. The summed E-state index contributed by atoms with van der Waals surface area (Å²) in [5.41, 5.74) is 4.94. The summed E-state index contributed by atoms with van der Waals surface area (Å²) in [5, 5.41) is 2.99. The molecule has 0 unspecified atom stereocenters. The lowest BCUT2D eigenvalue weighted by atomic mass is 10.1. The molecule has 0 saturated carbocycles. The second kappa shape index (κ2) is 7.05. The molecule has 0 spiro atoms. The number of nitrogens with one attached hydrogen (secondary N) is 1. The molecule has 2 aromatic carbocycles. The maximum absolute atomic E-state index is 12.4. The average Bonchev–Trinajstić information content (AvgIpc) is 2.56. The van der Waals surface area contributed by atoms with Crippen molar-refractivity contribution in [2.45, 2.75) is 13.8 Å². The van der Waals surface area contributed by atoms with Gasteiger partial charge in [0.2, 0.25) is 0 Å². The molecular formula is C20H25N3O. The van der Waals surface area contributed by atoms with E-state index in [4.69, 9.17) is 0 Å². The van der Waals surface area contributed by atoms with Crippen molar-refractivity contribution in [3.63, 3.8) is 0 Å². The van der Waals surface area contributed by atoms with Crippen LogP contribution in [0.3, 0.4) is 0 Å². The van der Waals surface area contributed by atoms with Gasteiger partial charge in [-0.15, -0.1) is 0 Å². The summed E-state index contributed by atoms with van der Waals surface area (Å²) >= 11 is 0. The van der Waals surface area contributed by atoms with Crippen molar-refractivity contribution in [2.75, 3.05) is 43.4 Å². The Labute approximate surface area is 144 Å². The van der Waals surface area contributed by atoms with E-state index in [0.29, 0.717) is 0 Å². The van der Waals surface area contributed by atoms with Crippen molar-refractivity contribution in [3.05, 3.63) is 59.2 Å². The summed E-state index contributed by atoms with van der Waals surface area (Å²) in [6.07, 6.45) is 0. The molecule has 4 heteroatoms. The van der Waals surface area contributed by atoms with Crippen LogP contribution in [0.15, 0.2) is 42.5 Å². The molecule has 1 aliphatic heterocycles. The molecule has 1 N–H and O–H groups in total. The van der Waals surface area contributed by atoms with Crippen molar-refractivity contribution in [1.29, 1.82) is 0 Å². The van der Waals surface area contributed by atoms with E-state index in [0.717, 1.165) is 43.0 Å². The highest BCUT2D eigenvalue weighted by molar-refractivity contribution is 6.05. The Morgan fingerprint density at radius 2 is 1.62 bits per heavy atom. The third kappa shape index (κ3) is 3.77. The number of anilines is 2. The molecule has 4 nitrogen and oxygen atoms in total. The van der Waals surface area contributed by atoms with Gasteiger partial charge in [0.1, 0.15) is 0 Å². The lowest BCUT2D eigenvalue weighted by molar-refractivity contribution is 0.102. The van der Waals surface area contributed by atoms with Gasteiger partial charge < -0.3 is 15.1 Å². The van der Waals surface area contributed by atoms with E-state index in [2.05, 4.69) is 34.3 Å². The van der Waals surface area contributed by atoms with Crippen LogP contribution in [0, 0.1) is 13.8 Å². The quantitative estimate of drug-likeness (QED) is 0.941. The Morgan fingerprint density at radius 1 is 0.958 bits per heavy atom. The fourth-order valence-corrected chi connectivity index (χ4v) is 3.09. The number of piperazine rings is 1. The number of carbonyl (C=O) groups is 1. The van der Waals surface area contributed by atoms with Gasteiger partial charge in [-0.05, 0) is 56.8 Å². The fraction of sp³-hybridized carbons (Fsp3) is 0.350. The van der Waals surface area contributed by atoms with Gasteiger partial charge in [0.25, 0.3) is 5.91 Å². The van der Waals surface area contributed by atoms with Crippen LogP contribution >= 0.6 is 0 Å². The number of amides is 1. The Balaban J connectivity index is 1.66. The minimum atomic E-state index is -0.0557. The molecule has 24 heavy (non-hydrogen) atoms. The maximum Gasteiger partial charge on any atom is 0.255 e. The van der Waals surface area contributed by atoms with Crippen molar-refractivity contribution in [3.8, 4) is 0 Å². The van der Waals surface area contributed by atoms with E-state index < -0.39 is 0 Å². The first-order valence-electron chi connectivity index (χ1n) is 8.45. The molecule has 0 aliphatic carbocycles. The Morgan fingerprint density at radius 3 is 2.25 bits per heavy atom. The Hall–Kier alpha value is -2.33. The molecule has 1 amide bonds. The van der Waals surface area contributed by atoms with Gasteiger partial charge in [-0.3, -0.25) is 4.79 Å². The highest BCUT2D eigenvalue weighted by Crippen LogP contribution is 2.20. The molecule has 2 aromatic rings. The van der Waals surface area contributed by atoms with Gasteiger partial charge in [0.15, 0.2) is 0 Å². The van der Waals surface area contributed by atoms with E-state index in [1.165, 1.54) is 11.3 Å². The summed E-state index contributed by atoms with van der Waals surface area (Å²) in [6, 6.07) is 14.0. The van der Waals surface area contributed by atoms with Crippen molar-refractivity contribution in [2.24, 2.45) is 0 Å². The normalized spacial score (nSPS) is 15.4. The molecule has 0 atom stereocenters. The topological polar surface area (TPSA) is 35.6 Å². The number of carbonyl (C=O) groups excluding carboxylic acids is 1. The molecule has 1 heterocycles. The zero-order valence-corrected chi connectivity index (χ0v) is 14.7. The molecule has 3 rings (SSSR count). The maximum atomic E-state index is 12.4. The van der Waals surface area contributed by atoms with E-state index in [9.17, 15) is 4.79 Å². The molecule has 1 saturated heterocycles. The summed E-state index contributed by atoms with van der Waals surface area (Å²) < 4.78 is 0. The third-order valence-corrected chi connectivity index (χ3v) is 4.62. The SMILES string of the molecule is Cc1ccc(C(=O)Nc2ccc(N3CCN(C)CC3)cc2)c(C)c1. The fourth-order valence-electron chi connectivity index (χ4n) is 3.09. The Bertz CT molecular complexity index is 716. The van der Waals surface area contributed by atoms with Crippen LogP contribution in [0.25, 0.3) is 0 Å². The second-order valence-corrected chi connectivity index (χ2v) is 6.61. The van der Waals surface area contributed by atoms with Crippen LogP contribution in [0.5, 0.6) is 0 Å². The largest absolute Gasteiger partial charge is 0.369 e. The summed E-state index contributed by atoms with van der Waals surface area (Å²) in [7, 11) is 2.16. The van der Waals surface area contributed by atoms with Crippen LogP contribution in [0.2, 0.25) is 0 Å². The van der Waals surface area contributed by atoms with Gasteiger partial charge in [-0.25, -0.2) is 0 Å². The summed E-state index contributed by atoms with van der Waals surface area (Å²) in [4.78, 5) is 17.2. The lowest BCUT2D eigenvalue weighted by Crippen LogP contribution is -2.44. The Kier molecular flexibility index (Phi) is 4.86. The molecule has 1 aliphatic rings. The minimum Gasteiger partial charge on any atom is -0.369 e. The van der Waals surface area contributed by atoms with Crippen LogP contribution < -0.4 is 10.2 Å². The van der Waals surface area contributed by atoms with Crippen molar-refractivity contribution >= 4 is 17.3 Å². The molecule has 0 aromatic heterocycles. The first-order valence-corrected chi connectivity index (χ1v) is 8.45. The van der Waals surface area contributed by atoms with E-state index in [1.54, 1.807) is 0 Å². The van der Waals surface area contributed by atoms with Crippen LogP contribution in [-0.4, -0.2) is 44.0 Å². The first kappa shape index (κ1) is 16.5. The van der Waals surface area contributed by atoms with Crippen LogP contribution in [0.4, 0.5) is 11.4 Å². The van der Waals surface area contributed by atoms with Crippen molar-refractivity contribution in [1.82, 2.24) is 4.90 Å². The smallest absolute Gasteiger partial charge is 0.255 e. The number of hydrogen-bond acceptors (Lipinski definition) is 3. The zero-order chi connectivity index (χ0) is 17.1. The minimum absolute atomic E-state index is 0.0557. The van der Waals surface area contributed by atoms with E-state index >= 15 is 0 Å². The molecule has 0 radical (unpaired) electrons. The molecular weight excluding hydrogens is 298 g/mol. The van der Waals surface area contributed by atoms with Gasteiger partial charge in [0, 0.05) is 43.1 Å². The number of likely N-dealkylation sites (N-methyl/N-ethyl adjacent to an activating group) is 1. The molecule has 0 bridgehead atoms. The van der Waals surface area contributed by atoms with Gasteiger partial charge in [-0.1, -0.05) is 17.7 Å². The molecule has 126 valence electrons. The lowest BCUT2D eigenvalue weighted by Gasteiger charge is -2.34. The number of benzene rings is 2. The third-order valence-electron chi connectivity index (χ3n) is 4.62. The monoisotopic (exact) mass is 323 g/mol. The number of nitrogens with zero attached hydrogens (tertiary/aromatic N) is 2. The first-order chi connectivity index (χ1) is 11.5. The van der Waals surface area contributed by atoms with Gasteiger partial charge in [-0.2, -0.15) is 0 Å². The van der Waals surface area contributed by atoms with Gasteiger partial charge >= 0.3 is 0 Å². The highest BCUT2D eigenvalue weighted by atomic mass is 16.1. The predicted molar refractivity (Wildman–Crippen MR) is 100 cm³/mol. The number of rotatable bonds is 3. The van der Waals surface area contributed by atoms with Crippen LogP contribution in [-0.2, 0) is 0 Å². The second-order valence-electron chi connectivity index (χ2n) is 6.61. The van der Waals surface area contributed by atoms with Crippen LogP contribution in [0.1, 0.15) is 21.5 Å². The summed E-state index contributed by atoms with van der Waals surface area (Å²) in [5.74, 6) is -0.0557. The van der Waals surface area contributed by atoms with Crippen molar-refractivity contribution < 1.29 is 4.79 Å². The predicted octanol–water partition coefficient (Wildman–Crippen LogP) is 3.31. The average molecular weight is 323 g/mol. The van der Waals surface area contributed by atoms with Gasteiger partial charge in [0.05, 0.1) is 0 Å². The zero-order valence-electron chi connectivity index (χ0n) is 14.7. The number of aryl methyl sites for hydroxylation is 2. The summed E-state index contributed by atoms with van der Waals surface area (Å²) in [6.45, 7) is 8.27.